The van der Waals surface area contributed by atoms with Gasteiger partial charge in [0.1, 0.15) is 11.9 Å². The van der Waals surface area contributed by atoms with Crippen LogP contribution >= 0.6 is 0 Å². The average Bonchev–Trinajstić information content (AvgIpc) is 2.65. The molecule has 0 saturated carbocycles. The maximum atomic E-state index is 13.2. The third kappa shape index (κ3) is 4.06. The minimum absolute atomic E-state index is 0.0781. The summed E-state index contributed by atoms with van der Waals surface area (Å²) in [7, 11) is 0. The molecule has 1 aromatic rings. The van der Waals surface area contributed by atoms with Crippen molar-refractivity contribution >= 4 is 11.8 Å². The van der Waals surface area contributed by atoms with E-state index in [0.717, 1.165) is 5.56 Å². The predicted octanol–water partition coefficient (Wildman–Crippen LogP) is 2.04. The lowest BCUT2D eigenvalue weighted by molar-refractivity contribution is -0.129. The van der Waals surface area contributed by atoms with Crippen molar-refractivity contribution in [1.29, 1.82) is 0 Å². The SMILES string of the molecule is C[C@@H](CC(=O)N[C@@H]1C(=O)NCC1(C)C)Cc1cccc(F)c1. The Morgan fingerprint density at radius 1 is 1.50 bits per heavy atom. The fraction of sp³-hybridized carbons (Fsp3) is 0.529. The van der Waals surface area contributed by atoms with Crippen LogP contribution in [-0.4, -0.2) is 24.4 Å². The van der Waals surface area contributed by atoms with Gasteiger partial charge in [0.2, 0.25) is 11.8 Å². The molecule has 0 aromatic heterocycles. The van der Waals surface area contributed by atoms with Crippen LogP contribution in [-0.2, 0) is 16.0 Å². The molecule has 2 amide bonds. The van der Waals surface area contributed by atoms with Crippen LogP contribution in [0, 0.1) is 17.2 Å². The largest absolute Gasteiger partial charge is 0.354 e. The lowest BCUT2D eigenvalue weighted by Crippen LogP contribution is -2.47. The Morgan fingerprint density at radius 2 is 2.23 bits per heavy atom. The summed E-state index contributed by atoms with van der Waals surface area (Å²) >= 11 is 0. The zero-order valence-corrected chi connectivity index (χ0v) is 13.3. The molecular formula is C17H23FN2O2. The number of halogens is 1. The molecule has 2 atom stereocenters. The molecule has 1 fully saturated rings. The lowest BCUT2D eigenvalue weighted by Gasteiger charge is -2.25. The van der Waals surface area contributed by atoms with E-state index in [1.807, 2.05) is 26.8 Å². The summed E-state index contributed by atoms with van der Waals surface area (Å²) < 4.78 is 13.2. The molecule has 4 nitrogen and oxygen atoms in total. The Balaban J connectivity index is 1.88. The molecule has 1 saturated heterocycles. The highest BCUT2D eigenvalue weighted by molar-refractivity contribution is 5.90. The molecule has 2 rings (SSSR count). The summed E-state index contributed by atoms with van der Waals surface area (Å²) in [5.41, 5.74) is 0.595. The Morgan fingerprint density at radius 3 is 2.82 bits per heavy atom. The average molecular weight is 306 g/mol. The molecule has 2 N–H and O–H groups in total. The molecule has 1 aliphatic rings. The predicted molar refractivity (Wildman–Crippen MR) is 82.6 cm³/mol. The van der Waals surface area contributed by atoms with E-state index in [2.05, 4.69) is 10.6 Å². The molecule has 0 bridgehead atoms. The van der Waals surface area contributed by atoms with Crippen molar-refractivity contribution in [3.63, 3.8) is 0 Å². The molecule has 0 spiro atoms. The van der Waals surface area contributed by atoms with Crippen molar-refractivity contribution in [2.75, 3.05) is 6.54 Å². The summed E-state index contributed by atoms with van der Waals surface area (Å²) in [4.78, 5) is 23.9. The van der Waals surface area contributed by atoms with Gasteiger partial charge in [-0.05, 0) is 30.0 Å². The van der Waals surface area contributed by atoms with Crippen LogP contribution in [0.5, 0.6) is 0 Å². The fourth-order valence-electron chi connectivity index (χ4n) is 2.81. The first-order valence-corrected chi connectivity index (χ1v) is 7.59. The van der Waals surface area contributed by atoms with Crippen molar-refractivity contribution in [2.45, 2.75) is 39.7 Å². The first kappa shape index (κ1) is 16.5. The van der Waals surface area contributed by atoms with Crippen LogP contribution in [0.3, 0.4) is 0 Å². The molecule has 1 heterocycles. The monoisotopic (exact) mass is 306 g/mol. The van der Waals surface area contributed by atoms with Gasteiger partial charge < -0.3 is 10.6 Å². The topological polar surface area (TPSA) is 58.2 Å². The minimum Gasteiger partial charge on any atom is -0.354 e. The Hall–Kier alpha value is -1.91. The first-order valence-electron chi connectivity index (χ1n) is 7.59. The van der Waals surface area contributed by atoms with E-state index in [4.69, 9.17) is 0 Å². The van der Waals surface area contributed by atoms with Gasteiger partial charge in [0.25, 0.3) is 0 Å². The van der Waals surface area contributed by atoms with Crippen LogP contribution in [0.25, 0.3) is 0 Å². The van der Waals surface area contributed by atoms with Crippen molar-refractivity contribution in [3.8, 4) is 0 Å². The Kier molecular flexibility index (Phi) is 4.84. The second kappa shape index (κ2) is 6.46. The number of rotatable bonds is 5. The number of nitrogens with one attached hydrogen (secondary N) is 2. The lowest BCUT2D eigenvalue weighted by atomic mass is 9.87. The van der Waals surface area contributed by atoms with Gasteiger partial charge in [-0.2, -0.15) is 0 Å². The molecular weight excluding hydrogens is 283 g/mol. The maximum absolute atomic E-state index is 13.2. The summed E-state index contributed by atoms with van der Waals surface area (Å²) in [5.74, 6) is -0.455. The van der Waals surface area contributed by atoms with E-state index in [1.54, 1.807) is 6.07 Å². The maximum Gasteiger partial charge on any atom is 0.243 e. The van der Waals surface area contributed by atoms with Gasteiger partial charge >= 0.3 is 0 Å². The third-order valence-electron chi connectivity index (χ3n) is 4.07. The number of carbonyl (C=O) groups is 2. The highest BCUT2D eigenvalue weighted by Crippen LogP contribution is 2.25. The van der Waals surface area contributed by atoms with Gasteiger partial charge in [-0.15, -0.1) is 0 Å². The van der Waals surface area contributed by atoms with Crippen LogP contribution in [0.2, 0.25) is 0 Å². The number of carbonyl (C=O) groups excluding carboxylic acids is 2. The Bertz CT molecular complexity index is 572. The van der Waals surface area contributed by atoms with Gasteiger partial charge in [0.05, 0.1) is 0 Å². The number of hydrogen-bond donors (Lipinski definition) is 2. The molecule has 22 heavy (non-hydrogen) atoms. The smallest absolute Gasteiger partial charge is 0.243 e. The van der Waals surface area contributed by atoms with Gasteiger partial charge in [-0.25, -0.2) is 4.39 Å². The number of benzene rings is 1. The molecule has 0 radical (unpaired) electrons. The standard InChI is InChI=1S/C17H23FN2O2/c1-11(7-12-5-4-6-13(18)9-12)8-14(21)20-15-16(22)19-10-17(15,2)3/h4-6,9,11,15H,7-8,10H2,1-3H3,(H,19,22)(H,20,21)/t11-,15-/m1/s1. The fourth-order valence-corrected chi connectivity index (χ4v) is 2.81. The highest BCUT2D eigenvalue weighted by atomic mass is 19.1. The van der Waals surface area contributed by atoms with Gasteiger partial charge in [-0.1, -0.05) is 32.9 Å². The third-order valence-corrected chi connectivity index (χ3v) is 4.07. The summed E-state index contributed by atoms with van der Waals surface area (Å²) in [6.07, 6.45) is 0.946. The Labute approximate surface area is 130 Å². The molecule has 1 aliphatic heterocycles. The van der Waals surface area contributed by atoms with Crippen molar-refractivity contribution in [2.24, 2.45) is 11.3 Å². The molecule has 0 unspecified atom stereocenters. The van der Waals surface area contributed by atoms with E-state index < -0.39 is 6.04 Å². The zero-order valence-electron chi connectivity index (χ0n) is 13.3. The van der Waals surface area contributed by atoms with Gasteiger partial charge in [0.15, 0.2) is 0 Å². The molecule has 120 valence electrons. The summed E-state index contributed by atoms with van der Waals surface area (Å²) in [6, 6.07) is 5.93. The van der Waals surface area contributed by atoms with E-state index in [0.29, 0.717) is 19.4 Å². The molecule has 5 heteroatoms. The van der Waals surface area contributed by atoms with Crippen molar-refractivity contribution in [3.05, 3.63) is 35.6 Å². The van der Waals surface area contributed by atoms with Crippen LogP contribution in [0.15, 0.2) is 24.3 Å². The van der Waals surface area contributed by atoms with E-state index >= 15 is 0 Å². The second-order valence-electron chi connectivity index (χ2n) is 6.85. The zero-order chi connectivity index (χ0) is 16.3. The highest BCUT2D eigenvalue weighted by Gasteiger charge is 2.42. The van der Waals surface area contributed by atoms with Gasteiger partial charge in [0, 0.05) is 18.4 Å². The first-order chi connectivity index (χ1) is 10.3. The van der Waals surface area contributed by atoms with E-state index in [9.17, 15) is 14.0 Å². The quantitative estimate of drug-likeness (QED) is 0.874. The van der Waals surface area contributed by atoms with Crippen molar-refractivity contribution in [1.82, 2.24) is 10.6 Å². The van der Waals surface area contributed by atoms with Gasteiger partial charge in [-0.3, -0.25) is 9.59 Å². The summed E-state index contributed by atoms with van der Waals surface area (Å²) in [6.45, 7) is 6.41. The molecule has 0 aliphatic carbocycles. The molecule has 1 aromatic carbocycles. The van der Waals surface area contributed by atoms with Crippen molar-refractivity contribution < 1.29 is 14.0 Å². The second-order valence-corrected chi connectivity index (χ2v) is 6.85. The number of amides is 2. The normalized spacial score (nSPS) is 21.3. The van der Waals surface area contributed by atoms with Crippen LogP contribution in [0.4, 0.5) is 4.39 Å². The van der Waals surface area contributed by atoms with E-state index in [-0.39, 0.29) is 29.0 Å². The number of hydrogen-bond acceptors (Lipinski definition) is 2. The summed E-state index contributed by atoms with van der Waals surface area (Å²) in [5, 5.41) is 5.59. The minimum atomic E-state index is -0.485. The van der Waals surface area contributed by atoms with Crippen LogP contribution < -0.4 is 10.6 Å². The van der Waals surface area contributed by atoms with Crippen LogP contribution in [0.1, 0.15) is 32.8 Å². The van der Waals surface area contributed by atoms with E-state index in [1.165, 1.54) is 12.1 Å².